The van der Waals surface area contributed by atoms with E-state index in [1.807, 2.05) is 32.2 Å². The number of hydrogen-bond acceptors (Lipinski definition) is 4. The molecule has 158 valence electrons. The molecule has 0 radical (unpaired) electrons. The molecule has 1 aromatic carbocycles. The van der Waals surface area contributed by atoms with Crippen molar-refractivity contribution >= 4 is 23.2 Å². The quantitative estimate of drug-likeness (QED) is 0.552. The smallest absolute Gasteiger partial charge is 0.251 e. The van der Waals surface area contributed by atoms with E-state index in [-0.39, 0.29) is 23.8 Å². The van der Waals surface area contributed by atoms with Crippen molar-refractivity contribution in [2.24, 2.45) is 5.92 Å². The number of thiophene rings is 1. The highest BCUT2D eigenvalue weighted by Gasteiger charge is 2.27. The monoisotopic (exact) mass is 418 g/mol. The summed E-state index contributed by atoms with van der Waals surface area (Å²) in [6.07, 6.45) is 0. The van der Waals surface area contributed by atoms with Crippen LogP contribution in [0.15, 0.2) is 41.8 Å². The van der Waals surface area contributed by atoms with E-state index in [0.717, 1.165) is 0 Å². The van der Waals surface area contributed by atoms with Gasteiger partial charge in [0.05, 0.1) is 32.1 Å². The molecular weight excluding hydrogens is 386 g/mol. The number of ether oxygens (including phenoxy) is 1. The predicted molar refractivity (Wildman–Crippen MR) is 117 cm³/mol. The zero-order chi connectivity index (χ0) is 21.4. The highest BCUT2D eigenvalue weighted by molar-refractivity contribution is 7.10. The Kier molecular flexibility index (Phi) is 8.67. The van der Waals surface area contributed by atoms with Gasteiger partial charge in [-0.25, -0.2) is 0 Å². The lowest BCUT2D eigenvalue weighted by Crippen LogP contribution is -3.07. The number of quaternary nitrogens is 1. The van der Waals surface area contributed by atoms with Crippen LogP contribution >= 0.6 is 11.3 Å². The van der Waals surface area contributed by atoms with Crippen molar-refractivity contribution in [3.8, 4) is 5.75 Å². The minimum Gasteiger partial charge on any atom is -0.494 e. The van der Waals surface area contributed by atoms with E-state index in [2.05, 4.69) is 30.8 Å². The lowest BCUT2D eigenvalue weighted by Gasteiger charge is -2.25. The minimum absolute atomic E-state index is 0.0338. The lowest BCUT2D eigenvalue weighted by atomic mass is 10.0. The van der Waals surface area contributed by atoms with Crippen LogP contribution in [0.1, 0.15) is 42.0 Å². The summed E-state index contributed by atoms with van der Waals surface area (Å²) in [7, 11) is 4.15. The molecule has 3 N–H and O–H groups in total. The first-order valence-corrected chi connectivity index (χ1v) is 10.9. The Bertz CT molecular complexity index is 773. The third kappa shape index (κ3) is 6.58. The highest BCUT2D eigenvalue weighted by atomic mass is 32.1. The van der Waals surface area contributed by atoms with E-state index < -0.39 is 6.04 Å². The number of hydrogen-bond donors (Lipinski definition) is 3. The summed E-state index contributed by atoms with van der Waals surface area (Å²) in [5, 5.41) is 7.95. The first kappa shape index (κ1) is 22.9. The second kappa shape index (κ2) is 11.0. The highest BCUT2D eigenvalue weighted by Crippen LogP contribution is 2.16. The van der Waals surface area contributed by atoms with Gasteiger partial charge in [-0.05, 0) is 48.6 Å². The van der Waals surface area contributed by atoms with Crippen LogP contribution in [0.5, 0.6) is 5.75 Å². The fraction of sp³-hybridized carbons (Fsp3) is 0.455. The van der Waals surface area contributed by atoms with Crippen LogP contribution in [0.4, 0.5) is 0 Å². The molecule has 0 saturated heterocycles. The zero-order valence-corrected chi connectivity index (χ0v) is 18.6. The summed E-state index contributed by atoms with van der Waals surface area (Å²) in [5.74, 6) is 0.249. The Morgan fingerprint density at radius 1 is 1.14 bits per heavy atom. The van der Waals surface area contributed by atoms with Crippen molar-refractivity contribution in [1.82, 2.24) is 10.6 Å². The van der Waals surface area contributed by atoms with Gasteiger partial charge in [0.1, 0.15) is 17.8 Å². The van der Waals surface area contributed by atoms with Crippen molar-refractivity contribution in [1.29, 1.82) is 0 Å². The van der Waals surface area contributed by atoms with Gasteiger partial charge >= 0.3 is 0 Å². The minimum atomic E-state index is -0.602. The Morgan fingerprint density at radius 2 is 1.83 bits per heavy atom. The van der Waals surface area contributed by atoms with Crippen LogP contribution in [0.25, 0.3) is 0 Å². The second-order valence-corrected chi connectivity index (χ2v) is 8.52. The first-order valence-electron chi connectivity index (χ1n) is 9.98. The number of carbonyl (C=O) groups excluding carboxylic acids is 2. The van der Waals surface area contributed by atoms with Crippen LogP contribution in [0.2, 0.25) is 0 Å². The number of rotatable bonds is 10. The summed E-state index contributed by atoms with van der Waals surface area (Å²) in [4.78, 5) is 27.9. The van der Waals surface area contributed by atoms with Gasteiger partial charge in [0.25, 0.3) is 5.91 Å². The van der Waals surface area contributed by atoms with Crippen LogP contribution in [-0.4, -0.2) is 45.1 Å². The molecule has 0 fully saturated rings. The average molecular weight is 419 g/mol. The third-order valence-electron chi connectivity index (χ3n) is 4.73. The molecular formula is C22H32N3O3S+. The number of amides is 2. The molecule has 0 spiro atoms. The maximum absolute atomic E-state index is 12.8. The van der Waals surface area contributed by atoms with Gasteiger partial charge in [0, 0.05) is 5.56 Å². The Morgan fingerprint density at radius 3 is 2.34 bits per heavy atom. The number of carbonyl (C=O) groups is 2. The normalized spacial score (nSPS) is 13.2. The molecule has 6 nitrogen and oxygen atoms in total. The van der Waals surface area contributed by atoms with Crippen molar-refractivity contribution in [2.45, 2.75) is 32.9 Å². The van der Waals surface area contributed by atoms with Gasteiger partial charge in [0.15, 0.2) is 0 Å². The lowest BCUT2D eigenvalue weighted by molar-refractivity contribution is -0.890. The molecule has 2 atom stereocenters. The molecule has 2 amide bonds. The third-order valence-corrected chi connectivity index (χ3v) is 5.71. The summed E-state index contributed by atoms with van der Waals surface area (Å²) in [5.41, 5.74) is 0.501. The van der Waals surface area contributed by atoms with E-state index in [4.69, 9.17) is 4.74 Å². The largest absolute Gasteiger partial charge is 0.494 e. The number of nitrogens with one attached hydrogen (secondary N) is 3. The topological polar surface area (TPSA) is 71.9 Å². The Balaban J connectivity index is 2.00. The SMILES string of the molecule is CCOc1ccc(C(=O)N[C@H](C(=O)NC[C@H](c2cccs2)[NH+](C)C)C(C)C)cc1. The number of likely N-dealkylation sites (N-methyl/N-ethyl adjacent to an activating group) is 1. The second-order valence-electron chi connectivity index (χ2n) is 7.54. The van der Waals surface area contributed by atoms with Gasteiger partial charge in [-0.3, -0.25) is 9.59 Å². The van der Waals surface area contributed by atoms with E-state index >= 15 is 0 Å². The number of benzene rings is 1. The van der Waals surface area contributed by atoms with Gasteiger partial charge in [0.2, 0.25) is 5.91 Å². The Hall–Kier alpha value is -2.38. The summed E-state index contributed by atoms with van der Waals surface area (Å²) in [6.45, 7) is 6.85. The van der Waals surface area contributed by atoms with E-state index in [0.29, 0.717) is 24.5 Å². The van der Waals surface area contributed by atoms with Crippen LogP contribution in [-0.2, 0) is 4.79 Å². The van der Waals surface area contributed by atoms with Gasteiger partial charge < -0.3 is 20.3 Å². The van der Waals surface area contributed by atoms with Crippen molar-refractivity contribution in [3.63, 3.8) is 0 Å². The van der Waals surface area contributed by atoms with E-state index in [9.17, 15) is 9.59 Å². The summed E-state index contributed by atoms with van der Waals surface area (Å²) in [6, 6.07) is 10.6. The average Bonchev–Trinajstić information content (AvgIpc) is 3.20. The molecule has 2 rings (SSSR count). The van der Waals surface area contributed by atoms with Gasteiger partial charge in [-0.2, -0.15) is 0 Å². The van der Waals surface area contributed by atoms with Gasteiger partial charge in [-0.1, -0.05) is 19.9 Å². The van der Waals surface area contributed by atoms with E-state index in [1.165, 1.54) is 9.78 Å². The predicted octanol–water partition coefficient (Wildman–Crippen LogP) is 1.90. The Labute approximate surface area is 177 Å². The maximum Gasteiger partial charge on any atom is 0.251 e. The fourth-order valence-corrected chi connectivity index (χ4v) is 3.97. The summed E-state index contributed by atoms with van der Waals surface area (Å²) < 4.78 is 5.41. The van der Waals surface area contributed by atoms with E-state index in [1.54, 1.807) is 35.6 Å². The molecule has 0 aliphatic carbocycles. The molecule has 1 heterocycles. The van der Waals surface area contributed by atoms with Crippen molar-refractivity contribution in [2.75, 3.05) is 27.2 Å². The molecule has 7 heteroatoms. The molecule has 29 heavy (non-hydrogen) atoms. The maximum atomic E-state index is 12.8. The van der Waals surface area contributed by atoms with Crippen molar-refractivity contribution < 1.29 is 19.2 Å². The van der Waals surface area contributed by atoms with Crippen LogP contribution in [0.3, 0.4) is 0 Å². The summed E-state index contributed by atoms with van der Waals surface area (Å²) >= 11 is 1.69. The van der Waals surface area contributed by atoms with Crippen LogP contribution in [0, 0.1) is 5.92 Å². The molecule has 0 aliphatic heterocycles. The molecule has 2 aromatic rings. The molecule has 0 unspecified atom stereocenters. The molecule has 0 bridgehead atoms. The molecule has 0 saturated carbocycles. The molecule has 1 aromatic heterocycles. The van der Waals surface area contributed by atoms with Crippen molar-refractivity contribution in [3.05, 3.63) is 52.2 Å². The van der Waals surface area contributed by atoms with Crippen LogP contribution < -0.4 is 20.3 Å². The molecule has 0 aliphatic rings. The zero-order valence-electron chi connectivity index (χ0n) is 17.8. The first-order chi connectivity index (χ1) is 13.8. The fourth-order valence-electron chi connectivity index (χ4n) is 3.02. The van der Waals surface area contributed by atoms with Gasteiger partial charge in [-0.15, -0.1) is 11.3 Å². The standard InChI is InChI=1S/C22H31N3O3S/c1-6-28-17-11-9-16(10-12-17)21(26)24-20(15(2)3)22(27)23-14-18(25(4)5)19-8-7-13-29-19/h7-13,15,18,20H,6,14H2,1-5H3,(H,23,27)(H,24,26)/p+1/t18-,20+/m1/s1.